The highest BCUT2D eigenvalue weighted by Gasteiger charge is 2.23. The van der Waals surface area contributed by atoms with E-state index in [9.17, 15) is 13.6 Å². The SMILES string of the molecule is O=C(c1cc(S)c(F)c(S)c1S)c1cc(S)c(F)c(S)c1S. The van der Waals surface area contributed by atoms with E-state index in [1.54, 1.807) is 0 Å². The Balaban J connectivity index is 2.69. The zero-order chi connectivity index (χ0) is 16.8. The van der Waals surface area contributed by atoms with Crippen molar-refractivity contribution >= 4 is 81.6 Å². The van der Waals surface area contributed by atoms with Gasteiger partial charge in [0.25, 0.3) is 0 Å². The lowest BCUT2D eigenvalue weighted by Gasteiger charge is -2.13. The van der Waals surface area contributed by atoms with Gasteiger partial charge >= 0.3 is 0 Å². The average Bonchev–Trinajstić information content (AvgIpc) is 2.49. The Kier molecular flexibility index (Phi) is 5.77. The molecule has 22 heavy (non-hydrogen) atoms. The molecule has 0 aliphatic heterocycles. The van der Waals surface area contributed by atoms with Crippen molar-refractivity contribution in [1.82, 2.24) is 0 Å². The van der Waals surface area contributed by atoms with E-state index >= 15 is 0 Å². The molecule has 1 nitrogen and oxygen atoms in total. The van der Waals surface area contributed by atoms with Gasteiger partial charge in [0, 0.05) is 30.7 Å². The Hall–Kier alpha value is 0.0700. The highest BCUT2D eigenvalue weighted by Crippen LogP contribution is 2.35. The molecule has 2 aromatic rings. The molecule has 0 saturated heterocycles. The molecule has 0 spiro atoms. The molecule has 0 amide bonds. The van der Waals surface area contributed by atoms with Gasteiger partial charge in [-0.1, -0.05) is 0 Å². The number of halogens is 2. The first-order valence-electron chi connectivity index (χ1n) is 5.58. The number of hydrogen-bond donors (Lipinski definition) is 6. The number of carbonyl (C=O) groups excluding carboxylic acids is 1. The van der Waals surface area contributed by atoms with Crippen LogP contribution in [0.1, 0.15) is 15.9 Å². The molecule has 9 heteroatoms. The summed E-state index contributed by atoms with van der Waals surface area (Å²) in [5.74, 6) is -1.89. The third-order valence-corrected chi connectivity index (χ3v) is 5.65. The van der Waals surface area contributed by atoms with Crippen LogP contribution in [-0.2, 0) is 0 Å². The molecule has 116 valence electrons. The average molecular weight is 411 g/mol. The molecular weight excluding hydrogens is 403 g/mol. The fraction of sp³-hybridized carbons (Fsp3) is 0. The summed E-state index contributed by atoms with van der Waals surface area (Å²) in [6.07, 6.45) is 0. The van der Waals surface area contributed by atoms with Crippen LogP contribution in [0.4, 0.5) is 8.78 Å². The molecule has 0 unspecified atom stereocenters. The second-order valence-electron chi connectivity index (χ2n) is 4.24. The summed E-state index contributed by atoms with van der Waals surface area (Å²) in [6, 6.07) is 2.46. The minimum atomic E-state index is -0.678. The highest BCUT2D eigenvalue weighted by molar-refractivity contribution is 7.84. The molecular formula is C13H8F2OS6. The van der Waals surface area contributed by atoms with Crippen molar-refractivity contribution in [1.29, 1.82) is 0 Å². The zero-order valence-electron chi connectivity index (χ0n) is 10.5. The van der Waals surface area contributed by atoms with Crippen LogP contribution in [0.2, 0.25) is 0 Å². The predicted octanol–water partition coefficient (Wildman–Crippen LogP) is 4.93. The predicted molar refractivity (Wildman–Crippen MR) is 99.7 cm³/mol. The van der Waals surface area contributed by atoms with Crippen LogP contribution in [0, 0.1) is 11.6 Å². The van der Waals surface area contributed by atoms with E-state index in [1.165, 1.54) is 12.1 Å². The molecule has 2 rings (SSSR count). The summed E-state index contributed by atoms with van der Waals surface area (Å²) in [5, 5.41) is 0. The van der Waals surface area contributed by atoms with Gasteiger partial charge in [0.2, 0.25) is 0 Å². The van der Waals surface area contributed by atoms with Crippen LogP contribution in [-0.4, -0.2) is 5.78 Å². The van der Waals surface area contributed by atoms with Crippen LogP contribution in [0.5, 0.6) is 0 Å². The first-order chi connectivity index (χ1) is 10.2. The molecule has 0 radical (unpaired) electrons. The highest BCUT2D eigenvalue weighted by atomic mass is 32.1. The van der Waals surface area contributed by atoms with E-state index in [1.807, 2.05) is 0 Å². The van der Waals surface area contributed by atoms with Gasteiger partial charge in [-0.25, -0.2) is 8.78 Å². The lowest BCUT2D eigenvalue weighted by atomic mass is 10.0. The second kappa shape index (κ2) is 6.90. The minimum absolute atomic E-state index is 0.0498. The largest absolute Gasteiger partial charge is 0.289 e. The van der Waals surface area contributed by atoms with Crippen molar-refractivity contribution in [3.05, 3.63) is 34.9 Å². The maximum absolute atomic E-state index is 13.7. The van der Waals surface area contributed by atoms with Gasteiger partial charge in [-0.05, 0) is 12.1 Å². The van der Waals surface area contributed by atoms with Crippen LogP contribution in [0.3, 0.4) is 0 Å². The summed E-state index contributed by atoms with van der Waals surface area (Å²) in [4.78, 5) is 12.5. The van der Waals surface area contributed by atoms with E-state index in [4.69, 9.17) is 0 Å². The Morgan fingerprint density at radius 2 is 1.00 bits per heavy atom. The molecule has 0 saturated carbocycles. The van der Waals surface area contributed by atoms with Crippen molar-refractivity contribution in [3.8, 4) is 0 Å². The number of benzene rings is 2. The number of hydrogen-bond acceptors (Lipinski definition) is 7. The van der Waals surface area contributed by atoms with Gasteiger partial charge in [-0.15, -0.1) is 75.8 Å². The molecule has 0 heterocycles. The van der Waals surface area contributed by atoms with Gasteiger partial charge in [-0.3, -0.25) is 4.79 Å². The van der Waals surface area contributed by atoms with Crippen molar-refractivity contribution < 1.29 is 13.6 Å². The molecule has 0 aliphatic carbocycles. The molecule has 0 aromatic heterocycles. The van der Waals surface area contributed by atoms with Crippen molar-refractivity contribution in [3.63, 3.8) is 0 Å². The number of ketones is 1. The lowest BCUT2D eigenvalue weighted by Crippen LogP contribution is -2.07. The summed E-state index contributed by atoms with van der Waals surface area (Å²) in [5.41, 5.74) is 0.143. The summed E-state index contributed by atoms with van der Waals surface area (Å²) in [7, 11) is 0. The van der Waals surface area contributed by atoms with Crippen LogP contribution < -0.4 is 0 Å². The van der Waals surface area contributed by atoms with Crippen molar-refractivity contribution in [2.24, 2.45) is 0 Å². The molecule has 0 atom stereocenters. The third-order valence-electron chi connectivity index (χ3n) is 2.88. The van der Waals surface area contributed by atoms with E-state index in [-0.39, 0.29) is 40.5 Å². The van der Waals surface area contributed by atoms with E-state index in [0.717, 1.165) is 0 Å². The second-order valence-corrected chi connectivity index (χ2v) is 6.99. The Bertz CT molecular complexity index is 741. The van der Waals surface area contributed by atoms with Gasteiger partial charge in [0.15, 0.2) is 17.4 Å². The minimum Gasteiger partial charge on any atom is -0.289 e. The molecule has 0 fully saturated rings. The number of carbonyl (C=O) groups is 1. The topological polar surface area (TPSA) is 17.1 Å². The van der Waals surface area contributed by atoms with E-state index in [0.29, 0.717) is 0 Å². The standard InChI is InChI=1S/C13H8F2OS6/c14-7-5(17)1-3(10(19)12(7)21)9(16)4-2-6(18)8(15)13(22)11(4)20/h1-2,17-22H. The Morgan fingerprint density at radius 1 is 0.682 bits per heavy atom. The van der Waals surface area contributed by atoms with Gasteiger partial charge in [0.05, 0.1) is 9.79 Å². The third kappa shape index (κ3) is 3.16. The first kappa shape index (κ1) is 18.4. The summed E-state index contributed by atoms with van der Waals surface area (Å²) in [6.45, 7) is 0. The zero-order valence-corrected chi connectivity index (χ0v) is 15.9. The number of rotatable bonds is 2. The van der Waals surface area contributed by atoms with E-state index < -0.39 is 17.4 Å². The lowest BCUT2D eigenvalue weighted by molar-refractivity contribution is 0.103. The fourth-order valence-corrected chi connectivity index (χ4v) is 3.40. The number of thiol groups is 6. The maximum Gasteiger partial charge on any atom is 0.195 e. The van der Waals surface area contributed by atoms with Crippen LogP contribution in [0.15, 0.2) is 41.5 Å². The Morgan fingerprint density at radius 3 is 1.32 bits per heavy atom. The maximum atomic E-state index is 13.7. The van der Waals surface area contributed by atoms with E-state index in [2.05, 4.69) is 75.8 Å². The van der Waals surface area contributed by atoms with Crippen molar-refractivity contribution in [2.75, 3.05) is 0 Å². The molecule has 0 aliphatic rings. The van der Waals surface area contributed by atoms with Crippen LogP contribution >= 0.6 is 75.8 Å². The van der Waals surface area contributed by atoms with Crippen molar-refractivity contribution in [2.45, 2.75) is 29.4 Å². The molecule has 0 N–H and O–H groups in total. The monoisotopic (exact) mass is 410 g/mol. The fourth-order valence-electron chi connectivity index (χ4n) is 1.73. The van der Waals surface area contributed by atoms with Gasteiger partial charge in [-0.2, -0.15) is 0 Å². The summed E-state index contributed by atoms with van der Waals surface area (Å²) < 4.78 is 27.4. The smallest absolute Gasteiger partial charge is 0.195 e. The van der Waals surface area contributed by atoms with Gasteiger partial charge in [0.1, 0.15) is 0 Å². The quantitative estimate of drug-likeness (QED) is 0.306. The van der Waals surface area contributed by atoms with Crippen LogP contribution in [0.25, 0.3) is 0 Å². The molecule has 0 bridgehead atoms. The first-order valence-corrected chi connectivity index (χ1v) is 8.26. The normalized spacial score (nSPS) is 10.9. The Labute approximate surface area is 158 Å². The molecule has 2 aromatic carbocycles. The summed E-state index contributed by atoms with van der Waals surface area (Å²) >= 11 is 24.1. The van der Waals surface area contributed by atoms with Gasteiger partial charge < -0.3 is 0 Å².